The van der Waals surface area contributed by atoms with Gasteiger partial charge in [-0.3, -0.25) is 0 Å². The molecule has 0 aliphatic carbocycles. The summed E-state index contributed by atoms with van der Waals surface area (Å²) in [5, 5.41) is 0. The molecule has 2 nitrogen and oxygen atoms in total. The van der Waals surface area contributed by atoms with Gasteiger partial charge in [0.2, 0.25) is 0 Å². The quantitative estimate of drug-likeness (QED) is 0.572. The molecule has 1 atom stereocenters. The number of piperazine rings is 1. The van der Waals surface area contributed by atoms with Gasteiger partial charge in [0.25, 0.3) is 0 Å². The molecule has 1 aliphatic rings. The summed E-state index contributed by atoms with van der Waals surface area (Å²) in [6, 6.07) is 0. The SMILES string of the molecule is C=S(C)N1CCN(C)CC1(C)C. The van der Waals surface area contributed by atoms with Crippen molar-refractivity contribution in [2.24, 2.45) is 0 Å². The second-order valence-electron chi connectivity index (χ2n) is 4.25. The topological polar surface area (TPSA) is 6.48 Å². The molecule has 3 heteroatoms. The molecule has 0 N–H and O–H groups in total. The number of rotatable bonds is 1. The average Bonchev–Trinajstić information content (AvgIpc) is 1.82. The number of hydrogen-bond donors (Lipinski definition) is 0. The Kier molecular flexibility index (Phi) is 2.97. The van der Waals surface area contributed by atoms with Crippen molar-refractivity contribution in [1.82, 2.24) is 9.21 Å². The summed E-state index contributed by atoms with van der Waals surface area (Å²) < 4.78 is 2.51. The van der Waals surface area contributed by atoms with Crippen LogP contribution in [0.25, 0.3) is 0 Å². The van der Waals surface area contributed by atoms with Gasteiger partial charge in [0.15, 0.2) is 0 Å². The fourth-order valence-electron chi connectivity index (χ4n) is 1.96. The fraction of sp³-hybridized carbons (Fsp3) is 0.889. The molecule has 12 heavy (non-hydrogen) atoms. The van der Waals surface area contributed by atoms with Gasteiger partial charge in [-0.1, -0.05) is 5.87 Å². The molecule has 1 heterocycles. The molecule has 0 saturated carbocycles. The van der Waals surface area contributed by atoms with E-state index in [1.165, 1.54) is 6.54 Å². The molecule has 1 unspecified atom stereocenters. The molecule has 0 aromatic rings. The lowest BCUT2D eigenvalue weighted by molar-refractivity contribution is 0.109. The lowest BCUT2D eigenvalue weighted by Gasteiger charge is -2.46. The molecule has 0 spiro atoms. The normalized spacial score (nSPS) is 28.7. The van der Waals surface area contributed by atoms with Gasteiger partial charge < -0.3 is 4.90 Å². The Morgan fingerprint density at radius 2 is 1.92 bits per heavy atom. The number of nitrogens with zero attached hydrogens (tertiary/aromatic N) is 2. The van der Waals surface area contributed by atoms with Gasteiger partial charge in [-0.05, 0) is 27.2 Å². The molecule has 0 amide bonds. The van der Waals surface area contributed by atoms with Crippen LogP contribution in [-0.2, 0) is 0 Å². The minimum Gasteiger partial charge on any atom is -0.303 e. The highest BCUT2D eigenvalue weighted by atomic mass is 32.2. The predicted octanol–water partition coefficient (Wildman–Crippen LogP) is 1.26. The lowest BCUT2D eigenvalue weighted by Crippen LogP contribution is -2.55. The first kappa shape index (κ1) is 10.2. The van der Waals surface area contributed by atoms with Crippen molar-refractivity contribution >= 4 is 16.5 Å². The van der Waals surface area contributed by atoms with Gasteiger partial charge in [0.05, 0.1) is 0 Å². The molecule has 1 rings (SSSR count). The molecular weight excluding hydrogens is 168 g/mol. The first-order valence-corrected chi connectivity index (χ1v) is 6.11. The highest BCUT2D eigenvalue weighted by molar-refractivity contribution is 8.11. The van der Waals surface area contributed by atoms with E-state index in [1.54, 1.807) is 0 Å². The minimum atomic E-state index is 0.170. The van der Waals surface area contributed by atoms with Crippen LogP contribution in [0.4, 0.5) is 0 Å². The summed E-state index contributed by atoms with van der Waals surface area (Å²) >= 11 is 0. The van der Waals surface area contributed by atoms with E-state index >= 15 is 0 Å². The van der Waals surface area contributed by atoms with Crippen molar-refractivity contribution in [3.63, 3.8) is 0 Å². The molecule has 1 aliphatic heterocycles. The largest absolute Gasteiger partial charge is 0.303 e. The van der Waals surface area contributed by atoms with Crippen LogP contribution in [0, 0.1) is 0 Å². The van der Waals surface area contributed by atoms with E-state index < -0.39 is 0 Å². The number of likely N-dealkylation sites (N-methyl/N-ethyl adjacent to an activating group) is 1. The third kappa shape index (κ3) is 2.09. The van der Waals surface area contributed by atoms with Crippen LogP contribution in [0.2, 0.25) is 0 Å². The Hall–Kier alpha value is 0.140. The first-order chi connectivity index (χ1) is 5.43. The second-order valence-corrected chi connectivity index (χ2v) is 5.89. The standard InChI is InChI=1S/C9H20N2S/c1-9(2)8-10(3)6-7-11(9)12(4)5/h4,6-8H2,1-3,5H3. The fourth-order valence-corrected chi connectivity index (χ4v) is 3.26. The van der Waals surface area contributed by atoms with E-state index in [-0.39, 0.29) is 10.7 Å². The van der Waals surface area contributed by atoms with E-state index in [9.17, 15) is 0 Å². The van der Waals surface area contributed by atoms with Gasteiger partial charge in [0.1, 0.15) is 0 Å². The van der Waals surface area contributed by atoms with E-state index in [0.717, 1.165) is 13.1 Å². The van der Waals surface area contributed by atoms with E-state index in [0.29, 0.717) is 5.54 Å². The molecule has 0 aromatic heterocycles. The van der Waals surface area contributed by atoms with Gasteiger partial charge >= 0.3 is 0 Å². The van der Waals surface area contributed by atoms with Crippen LogP contribution in [0.1, 0.15) is 13.8 Å². The smallest absolute Gasteiger partial charge is 0.0379 e. The second kappa shape index (κ2) is 3.48. The number of hydrogen-bond acceptors (Lipinski definition) is 2. The molecule has 72 valence electrons. The molecule has 0 radical (unpaired) electrons. The average molecular weight is 188 g/mol. The summed E-state index contributed by atoms with van der Waals surface area (Å²) in [5.41, 5.74) is 0.298. The zero-order chi connectivity index (χ0) is 9.35. The van der Waals surface area contributed by atoms with E-state index in [2.05, 4.69) is 42.2 Å². The Balaban J connectivity index is 2.70. The maximum atomic E-state index is 4.12. The van der Waals surface area contributed by atoms with E-state index in [4.69, 9.17) is 0 Å². The maximum Gasteiger partial charge on any atom is 0.0379 e. The van der Waals surface area contributed by atoms with Crippen molar-refractivity contribution in [1.29, 1.82) is 0 Å². The lowest BCUT2D eigenvalue weighted by atomic mass is 10.0. The van der Waals surface area contributed by atoms with Crippen LogP contribution < -0.4 is 0 Å². The van der Waals surface area contributed by atoms with Crippen LogP contribution in [0.15, 0.2) is 0 Å². The third-order valence-electron chi connectivity index (χ3n) is 2.39. The van der Waals surface area contributed by atoms with Crippen molar-refractivity contribution in [3.05, 3.63) is 0 Å². The molecule has 0 bridgehead atoms. The Morgan fingerprint density at radius 3 is 2.33 bits per heavy atom. The minimum absolute atomic E-state index is 0.170. The van der Waals surface area contributed by atoms with Gasteiger partial charge in [-0.2, -0.15) is 0 Å². The van der Waals surface area contributed by atoms with Gasteiger partial charge in [-0.25, -0.2) is 4.31 Å². The van der Waals surface area contributed by atoms with Crippen LogP contribution in [0.3, 0.4) is 0 Å². The van der Waals surface area contributed by atoms with Crippen LogP contribution >= 0.6 is 10.7 Å². The predicted molar refractivity (Wildman–Crippen MR) is 58.9 cm³/mol. The molecular formula is C9H20N2S. The van der Waals surface area contributed by atoms with Crippen molar-refractivity contribution in [3.8, 4) is 0 Å². The summed E-state index contributed by atoms with van der Waals surface area (Å²) in [4.78, 5) is 2.39. The third-order valence-corrected chi connectivity index (χ3v) is 3.82. The molecule has 0 aromatic carbocycles. The Morgan fingerprint density at radius 1 is 1.33 bits per heavy atom. The van der Waals surface area contributed by atoms with Crippen LogP contribution in [-0.4, -0.2) is 53.6 Å². The monoisotopic (exact) mass is 188 g/mol. The summed E-state index contributed by atoms with van der Waals surface area (Å²) in [6.07, 6.45) is 2.20. The highest BCUT2D eigenvalue weighted by Crippen LogP contribution is 2.28. The van der Waals surface area contributed by atoms with Crippen molar-refractivity contribution in [2.75, 3.05) is 32.9 Å². The summed E-state index contributed by atoms with van der Waals surface area (Å²) in [6.45, 7) is 8.09. The zero-order valence-corrected chi connectivity index (χ0v) is 9.45. The highest BCUT2D eigenvalue weighted by Gasteiger charge is 2.32. The van der Waals surface area contributed by atoms with Gasteiger partial charge in [-0.15, -0.1) is 10.7 Å². The van der Waals surface area contributed by atoms with Crippen molar-refractivity contribution in [2.45, 2.75) is 19.4 Å². The summed E-state index contributed by atoms with van der Waals surface area (Å²) in [7, 11) is 2.36. The zero-order valence-electron chi connectivity index (χ0n) is 8.63. The Bertz CT molecular complexity index is 189. The van der Waals surface area contributed by atoms with E-state index in [1.807, 2.05) is 0 Å². The summed E-state index contributed by atoms with van der Waals surface area (Å²) in [5.74, 6) is 4.12. The van der Waals surface area contributed by atoms with Gasteiger partial charge in [0, 0.05) is 25.2 Å². The first-order valence-electron chi connectivity index (χ1n) is 4.35. The Labute approximate surface area is 78.6 Å². The van der Waals surface area contributed by atoms with Crippen molar-refractivity contribution < 1.29 is 0 Å². The molecule has 1 saturated heterocycles. The maximum absolute atomic E-state index is 4.12. The van der Waals surface area contributed by atoms with Crippen LogP contribution in [0.5, 0.6) is 0 Å². The molecule has 1 fully saturated rings.